The molecule has 0 unspecified atom stereocenters. The van der Waals surface area contributed by atoms with E-state index in [0.717, 1.165) is 5.56 Å². The zero-order chi connectivity index (χ0) is 19.2. The van der Waals surface area contributed by atoms with E-state index in [0.29, 0.717) is 29.4 Å². The van der Waals surface area contributed by atoms with Gasteiger partial charge >= 0.3 is 5.97 Å². The molecule has 2 amide bonds. The lowest BCUT2D eigenvalue weighted by atomic mass is 10.00. The van der Waals surface area contributed by atoms with Gasteiger partial charge in [-0.05, 0) is 42.8 Å². The third-order valence-electron chi connectivity index (χ3n) is 4.19. The van der Waals surface area contributed by atoms with Gasteiger partial charge in [-0.3, -0.25) is 14.4 Å². The standard InChI is InChI=1S/C19H19ClN2O5/c20-14-4-1-12(2-5-14)16-7-6-15(27-16)10-22-18(24)11-26-19(25)13-3-8-17(23)21-9-13/h1-2,4-7,13H,3,8-11H2,(H,21,23)(H,22,24)/t13-/m1/s1. The molecule has 27 heavy (non-hydrogen) atoms. The highest BCUT2D eigenvalue weighted by Crippen LogP contribution is 2.23. The van der Waals surface area contributed by atoms with Crippen LogP contribution in [0.1, 0.15) is 18.6 Å². The van der Waals surface area contributed by atoms with Crippen LogP contribution in [0.5, 0.6) is 0 Å². The smallest absolute Gasteiger partial charge is 0.311 e. The summed E-state index contributed by atoms with van der Waals surface area (Å²) in [4.78, 5) is 34.8. The third kappa shape index (κ3) is 5.34. The predicted octanol–water partition coefficient (Wildman–Crippen LogP) is 2.29. The van der Waals surface area contributed by atoms with Crippen LogP contribution in [0.15, 0.2) is 40.8 Å². The molecule has 1 aliphatic rings. The zero-order valence-electron chi connectivity index (χ0n) is 14.5. The first-order chi connectivity index (χ1) is 13.0. The number of ether oxygens (including phenoxy) is 1. The summed E-state index contributed by atoms with van der Waals surface area (Å²) in [6.07, 6.45) is 0.729. The van der Waals surface area contributed by atoms with E-state index in [1.165, 1.54) is 0 Å². The van der Waals surface area contributed by atoms with Crippen molar-refractivity contribution in [3.05, 3.63) is 47.2 Å². The molecule has 2 N–H and O–H groups in total. The number of piperidine rings is 1. The van der Waals surface area contributed by atoms with Gasteiger partial charge in [-0.2, -0.15) is 0 Å². The molecule has 0 saturated carbocycles. The number of esters is 1. The minimum Gasteiger partial charge on any atom is -0.459 e. The van der Waals surface area contributed by atoms with Crippen LogP contribution in [0.3, 0.4) is 0 Å². The van der Waals surface area contributed by atoms with Crippen LogP contribution in [0, 0.1) is 5.92 Å². The maximum atomic E-state index is 11.9. The molecule has 142 valence electrons. The lowest BCUT2D eigenvalue weighted by Gasteiger charge is -2.20. The van der Waals surface area contributed by atoms with Crippen molar-refractivity contribution >= 4 is 29.4 Å². The average Bonchev–Trinajstić information content (AvgIpc) is 3.14. The van der Waals surface area contributed by atoms with Crippen LogP contribution in [-0.4, -0.2) is 30.9 Å². The minimum absolute atomic E-state index is 0.0757. The first-order valence-electron chi connectivity index (χ1n) is 8.56. The number of carbonyl (C=O) groups is 3. The van der Waals surface area contributed by atoms with E-state index >= 15 is 0 Å². The fraction of sp³-hybridized carbons (Fsp3) is 0.316. The molecule has 1 saturated heterocycles. The van der Waals surface area contributed by atoms with E-state index < -0.39 is 17.8 Å². The molecule has 3 rings (SSSR count). The topological polar surface area (TPSA) is 97.6 Å². The Bertz CT molecular complexity index is 821. The number of halogens is 1. The van der Waals surface area contributed by atoms with Crippen LogP contribution in [-0.2, 0) is 25.7 Å². The van der Waals surface area contributed by atoms with E-state index in [-0.39, 0.29) is 25.6 Å². The molecule has 8 heteroatoms. The Morgan fingerprint density at radius 3 is 2.70 bits per heavy atom. The lowest BCUT2D eigenvalue weighted by molar-refractivity contribution is -0.153. The van der Waals surface area contributed by atoms with Crippen LogP contribution < -0.4 is 10.6 Å². The summed E-state index contributed by atoms with van der Waals surface area (Å²) in [5.74, 6) is -0.132. The van der Waals surface area contributed by atoms with Crippen molar-refractivity contribution in [2.75, 3.05) is 13.2 Å². The zero-order valence-corrected chi connectivity index (χ0v) is 15.3. The summed E-state index contributed by atoms with van der Waals surface area (Å²) in [5.41, 5.74) is 0.880. The highest BCUT2D eigenvalue weighted by molar-refractivity contribution is 6.30. The number of rotatable bonds is 6. The maximum Gasteiger partial charge on any atom is 0.311 e. The maximum absolute atomic E-state index is 11.9. The van der Waals surface area contributed by atoms with Crippen LogP contribution in [0.25, 0.3) is 11.3 Å². The average molecular weight is 391 g/mol. The molecule has 0 radical (unpaired) electrons. The van der Waals surface area contributed by atoms with Gasteiger partial charge in [0.2, 0.25) is 5.91 Å². The number of benzene rings is 1. The minimum atomic E-state index is -0.479. The molecule has 1 aliphatic heterocycles. The molecule has 0 aliphatic carbocycles. The van der Waals surface area contributed by atoms with Gasteiger partial charge in [0.25, 0.3) is 5.91 Å². The van der Waals surface area contributed by atoms with Gasteiger partial charge in [-0.1, -0.05) is 11.6 Å². The summed E-state index contributed by atoms with van der Waals surface area (Å²) < 4.78 is 10.7. The molecule has 1 fully saturated rings. The normalized spacial score (nSPS) is 16.5. The molecule has 1 aromatic carbocycles. The highest BCUT2D eigenvalue weighted by atomic mass is 35.5. The second kappa shape index (κ2) is 8.73. The Morgan fingerprint density at radius 2 is 2.00 bits per heavy atom. The monoisotopic (exact) mass is 390 g/mol. The van der Waals surface area contributed by atoms with Crippen molar-refractivity contribution in [2.45, 2.75) is 19.4 Å². The van der Waals surface area contributed by atoms with Crippen molar-refractivity contribution in [2.24, 2.45) is 5.92 Å². The van der Waals surface area contributed by atoms with Gasteiger partial charge in [0.05, 0.1) is 12.5 Å². The Labute approximate surface area is 161 Å². The Kier molecular flexibility index (Phi) is 6.13. The van der Waals surface area contributed by atoms with Gasteiger partial charge in [0.1, 0.15) is 11.5 Å². The van der Waals surface area contributed by atoms with E-state index in [9.17, 15) is 14.4 Å². The fourth-order valence-corrected chi connectivity index (χ4v) is 2.79. The Morgan fingerprint density at radius 1 is 1.22 bits per heavy atom. The van der Waals surface area contributed by atoms with Crippen molar-refractivity contribution < 1.29 is 23.5 Å². The van der Waals surface area contributed by atoms with Crippen molar-refractivity contribution in [3.63, 3.8) is 0 Å². The van der Waals surface area contributed by atoms with Gasteiger partial charge in [0.15, 0.2) is 6.61 Å². The SMILES string of the molecule is O=C1CC[C@@H](C(=O)OCC(=O)NCc2ccc(-c3ccc(Cl)cc3)o2)CN1. The van der Waals surface area contributed by atoms with Crippen LogP contribution in [0.2, 0.25) is 5.02 Å². The van der Waals surface area contributed by atoms with Crippen molar-refractivity contribution in [1.29, 1.82) is 0 Å². The number of hydrogen-bond donors (Lipinski definition) is 2. The number of hydrogen-bond acceptors (Lipinski definition) is 5. The molecule has 2 aromatic rings. The largest absolute Gasteiger partial charge is 0.459 e. The lowest BCUT2D eigenvalue weighted by Crippen LogP contribution is -2.40. The summed E-state index contributed by atoms with van der Waals surface area (Å²) in [5, 5.41) is 5.89. The Balaban J connectivity index is 1.42. The molecular formula is C19H19ClN2O5. The molecule has 1 atom stereocenters. The summed E-state index contributed by atoms with van der Waals surface area (Å²) in [6.45, 7) is 0.0661. The van der Waals surface area contributed by atoms with E-state index in [4.69, 9.17) is 20.8 Å². The summed E-state index contributed by atoms with van der Waals surface area (Å²) in [6, 6.07) is 10.8. The van der Waals surface area contributed by atoms with Gasteiger partial charge < -0.3 is 19.8 Å². The molecule has 1 aromatic heterocycles. The summed E-state index contributed by atoms with van der Waals surface area (Å²) >= 11 is 5.86. The van der Waals surface area contributed by atoms with Crippen molar-refractivity contribution in [3.8, 4) is 11.3 Å². The molecule has 2 heterocycles. The van der Waals surface area contributed by atoms with Crippen LogP contribution >= 0.6 is 11.6 Å². The fourth-order valence-electron chi connectivity index (χ4n) is 2.67. The number of nitrogens with one attached hydrogen (secondary N) is 2. The summed E-state index contributed by atoms with van der Waals surface area (Å²) in [7, 11) is 0. The quantitative estimate of drug-likeness (QED) is 0.737. The predicted molar refractivity (Wildman–Crippen MR) is 97.7 cm³/mol. The molecule has 7 nitrogen and oxygen atoms in total. The van der Waals surface area contributed by atoms with Crippen LogP contribution in [0.4, 0.5) is 0 Å². The molecule has 0 bridgehead atoms. The van der Waals surface area contributed by atoms with Gasteiger partial charge in [-0.25, -0.2) is 0 Å². The van der Waals surface area contributed by atoms with Gasteiger partial charge in [-0.15, -0.1) is 0 Å². The molecular weight excluding hydrogens is 372 g/mol. The van der Waals surface area contributed by atoms with Gasteiger partial charge in [0, 0.05) is 23.6 Å². The molecule has 0 spiro atoms. The number of carbonyl (C=O) groups excluding carboxylic acids is 3. The van der Waals surface area contributed by atoms with E-state index in [1.807, 2.05) is 18.2 Å². The first-order valence-corrected chi connectivity index (χ1v) is 8.94. The number of furan rings is 1. The van der Waals surface area contributed by atoms with E-state index in [2.05, 4.69) is 10.6 Å². The van der Waals surface area contributed by atoms with Crippen molar-refractivity contribution in [1.82, 2.24) is 10.6 Å². The number of amides is 2. The first kappa shape index (κ1) is 19.0. The second-order valence-corrected chi connectivity index (χ2v) is 6.63. The highest BCUT2D eigenvalue weighted by Gasteiger charge is 2.26. The second-order valence-electron chi connectivity index (χ2n) is 6.20. The Hall–Kier alpha value is -2.80. The van der Waals surface area contributed by atoms with E-state index in [1.54, 1.807) is 18.2 Å². The third-order valence-corrected chi connectivity index (χ3v) is 4.45.